The molecule has 0 aromatic heterocycles. The van der Waals surface area contributed by atoms with Crippen molar-refractivity contribution in [1.82, 2.24) is 4.90 Å². The standard InChI is InChI=1S/C21H24N2O3/c1-21(2)20(25)23(17-11-7-8-12-18(17)26-21)14-13-19(24)22(3)15-16-9-5-4-6-10-16/h4-12H,13-15H2,1-3H3. The molecule has 26 heavy (non-hydrogen) atoms. The highest BCUT2D eigenvalue weighted by Gasteiger charge is 2.40. The number of fused-ring (bicyclic) bond motifs is 1. The summed E-state index contributed by atoms with van der Waals surface area (Å²) in [4.78, 5) is 28.6. The van der Waals surface area contributed by atoms with E-state index in [2.05, 4.69) is 0 Å². The van der Waals surface area contributed by atoms with E-state index in [1.54, 1.807) is 30.7 Å². The van der Waals surface area contributed by atoms with Gasteiger partial charge in [0.25, 0.3) is 5.91 Å². The third-order valence-corrected chi connectivity index (χ3v) is 4.52. The van der Waals surface area contributed by atoms with Gasteiger partial charge in [-0.15, -0.1) is 0 Å². The predicted molar refractivity (Wildman–Crippen MR) is 101 cm³/mol. The van der Waals surface area contributed by atoms with Crippen molar-refractivity contribution in [2.24, 2.45) is 0 Å². The van der Waals surface area contributed by atoms with Gasteiger partial charge in [0.05, 0.1) is 5.69 Å². The van der Waals surface area contributed by atoms with Crippen LogP contribution in [0.1, 0.15) is 25.8 Å². The fourth-order valence-corrected chi connectivity index (χ4v) is 3.09. The van der Waals surface area contributed by atoms with Gasteiger partial charge >= 0.3 is 0 Å². The molecule has 0 fully saturated rings. The van der Waals surface area contributed by atoms with Crippen molar-refractivity contribution in [2.45, 2.75) is 32.4 Å². The molecular weight excluding hydrogens is 328 g/mol. The van der Waals surface area contributed by atoms with Crippen LogP contribution in [0, 0.1) is 0 Å². The van der Waals surface area contributed by atoms with E-state index in [4.69, 9.17) is 4.74 Å². The Bertz CT molecular complexity index is 802. The van der Waals surface area contributed by atoms with Crippen molar-refractivity contribution in [3.05, 3.63) is 60.2 Å². The molecule has 5 heteroatoms. The molecule has 0 atom stereocenters. The van der Waals surface area contributed by atoms with E-state index in [0.29, 0.717) is 18.8 Å². The van der Waals surface area contributed by atoms with Gasteiger partial charge < -0.3 is 14.5 Å². The molecule has 0 aliphatic carbocycles. The molecule has 0 saturated heterocycles. The molecule has 2 aromatic rings. The summed E-state index contributed by atoms with van der Waals surface area (Å²) in [6.07, 6.45) is 0.263. The van der Waals surface area contributed by atoms with Crippen molar-refractivity contribution in [3.8, 4) is 5.75 Å². The lowest BCUT2D eigenvalue weighted by Crippen LogP contribution is -2.53. The Morgan fingerprint density at radius 3 is 2.46 bits per heavy atom. The molecule has 5 nitrogen and oxygen atoms in total. The molecule has 1 heterocycles. The molecule has 136 valence electrons. The number of benzene rings is 2. The van der Waals surface area contributed by atoms with E-state index in [-0.39, 0.29) is 18.2 Å². The molecule has 2 amide bonds. The number of para-hydroxylation sites is 2. The van der Waals surface area contributed by atoms with Crippen LogP contribution in [0.15, 0.2) is 54.6 Å². The Hall–Kier alpha value is -2.82. The third-order valence-electron chi connectivity index (χ3n) is 4.52. The molecule has 2 aromatic carbocycles. The second-order valence-corrected chi connectivity index (χ2v) is 7.02. The maximum Gasteiger partial charge on any atom is 0.270 e. The van der Waals surface area contributed by atoms with E-state index in [9.17, 15) is 9.59 Å². The number of nitrogens with zero attached hydrogens (tertiary/aromatic N) is 2. The Labute approximate surface area is 154 Å². The van der Waals surface area contributed by atoms with Gasteiger partial charge in [0.15, 0.2) is 5.60 Å². The second-order valence-electron chi connectivity index (χ2n) is 7.02. The maximum atomic E-state index is 12.8. The van der Waals surface area contributed by atoms with Gasteiger partial charge in [-0.2, -0.15) is 0 Å². The van der Waals surface area contributed by atoms with E-state index in [1.165, 1.54) is 0 Å². The number of carbonyl (C=O) groups excluding carboxylic acids is 2. The SMILES string of the molecule is CN(Cc1ccccc1)C(=O)CCN1C(=O)C(C)(C)Oc2ccccc21. The van der Waals surface area contributed by atoms with Crippen LogP contribution in [-0.4, -0.2) is 35.9 Å². The number of amides is 2. The zero-order valence-corrected chi connectivity index (χ0v) is 15.4. The summed E-state index contributed by atoms with van der Waals surface area (Å²) in [6.45, 7) is 4.39. The molecule has 0 radical (unpaired) electrons. The van der Waals surface area contributed by atoms with E-state index in [1.807, 2.05) is 54.6 Å². The molecule has 1 aliphatic heterocycles. The smallest absolute Gasteiger partial charge is 0.270 e. The quantitative estimate of drug-likeness (QED) is 0.830. The van der Waals surface area contributed by atoms with Crippen LogP contribution in [0.4, 0.5) is 5.69 Å². The number of anilines is 1. The van der Waals surface area contributed by atoms with Gasteiger partial charge in [0, 0.05) is 26.6 Å². The average molecular weight is 352 g/mol. The highest BCUT2D eigenvalue weighted by Crippen LogP contribution is 2.37. The van der Waals surface area contributed by atoms with E-state index >= 15 is 0 Å². The van der Waals surface area contributed by atoms with Crippen LogP contribution in [0.2, 0.25) is 0 Å². The Morgan fingerprint density at radius 2 is 1.73 bits per heavy atom. The summed E-state index contributed by atoms with van der Waals surface area (Å²) in [7, 11) is 1.79. The first-order chi connectivity index (χ1) is 12.4. The average Bonchev–Trinajstić information content (AvgIpc) is 2.62. The second kappa shape index (κ2) is 7.20. The lowest BCUT2D eigenvalue weighted by atomic mass is 10.0. The number of rotatable bonds is 5. The zero-order valence-electron chi connectivity index (χ0n) is 15.4. The summed E-state index contributed by atoms with van der Waals surface area (Å²) < 4.78 is 5.81. The van der Waals surface area contributed by atoms with Crippen LogP contribution in [-0.2, 0) is 16.1 Å². The first kappa shape index (κ1) is 18.0. The molecule has 0 N–H and O–H groups in total. The zero-order chi connectivity index (χ0) is 18.7. The fourth-order valence-electron chi connectivity index (χ4n) is 3.09. The van der Waals surface area contributed by atoms with E-state index in [0.717, 1.165) is 11.3 Å². The van der Waals surface area contributed by atoms with Crippen molar-refractivity contribution in [1.29, 1.82) is 0 Å². The van der Waals surface area contributed by atoms with Crippen LogP contribution in [0.3, 0.4) is 0 Å². The normalized spacial score (nSPS) is 15.2. The largest absolute Gasteiger partial charge is 0.476 e. The highest BCUT2D eigenvalue weighted by atomic mass is 16.5. The Balaban J connectivity index is 1.68. The van der Waals surface area contributed by atoms with Crippen LogP contribution in [0.5, 0.6) is 5.75 Å². The Morgan fingerprint density at radius 1 is 1.08 bits per heavy atom. The molecule has 1 aliphatic rings. The molecule has 0 spiro atoms. The summed E-state index contributed by atoms with van der Waals surface area (Å²) in [5, 5.41) is 0. The first-order valence-electron chi connectivity index (χ1n) is 8.76. The fraction of sp³-hybridized carbons (Fsp3) is 0.333. The first-order valence-corrected chi connectivity index (χ1v) is 8.76. The number of ether oxygens (including phenoxy) is 1. The van der Waals surface area contributed by atoms with Gasteiger partial charge in [-0.3, -0.25) is 9.59 Å². The Kier molecular flexibility index (Phi) is 4.98. The summed E-state index contributed by atoms with van der Waals surface area (Å²) in [5.41, 5.74) is 0.862. The maximum absolute atomic E-state index is 12.8. The minimum atomic E-state index is -0.937. The minimum Gasteiger partial charge on any atom is -0.476 e. The summed E-state index contributed by atoms with van der Waals surface area (Å²) >= 11 is 0. The van der Waals surface area contributed by atoms with Gasteiger partial charge in [-0.25, -0.2) is 0 Å². The summed E-state index contributed by atoms with van der Waals surface area (Å²) in [6, 6.07) is 17.3. The number of hydrogen-bond acceptors (Lipinski definition) is 3. The van der Waals surface area contributed by atoms with Gasteiger partial charge in [-0.05, 0) is 31.5 Å². The molecule has 0 unspecified atom stereocenters. The van der Waals surface area contributed by atoms with Crippen LogP contribution in [0.25, 0.3) is 0 Å². The van der Waals surface area contributed by atoms with Crippen molar-refractivity contribution >= 4 is 17.5 Å². The van der Waals surface area contributed by atoms with Crippen LogP contribution < -0.4 is 9.64 Å². The number of hydrogen-bond donors (Lipinski definition) is 0. The third kappa shape index (κ3) is 3.72. The van der Waals surface area contributed by atoms with Gasteiger partial charge in [0.2, 0.25) is 5.91 Å². The molecule has 0 bridgehead atoms. The monoisotopic (exact) mass is 352 g/mol. The van der Waals surface area contributed by atoms with Crippen molar-refractivity contribution in [3.63, 3.8) is 0 Å². The lowest BCUT2D eigenvalue weighted by Gasteiger charge is -2.38. The molecular formula is C21H24N2O3. The minimum absolute atomic E-state index is 0.00318. The van der Waals surface area contributed by atoms with E-state index < -0.39 is 5.60 Å². The molecule has 0 saturated carbocycles. The lowest BCUT2D eigenvalue weighted by molar-refractivity contribution is -0.133. The number of carbonyl (C=O) groups is 2. The molecule has 3 rings (SSSR count). The highest BCUT2D eigenvalue weighted by molar-refractivity contribution is 6.02. The summed E-state index contributed by atoms with van der Waals surface area (Å²) in [5.74, 6) is 0.542. The van der Waals surface area contributed by atoms with Gasteiger partial charge in [-0.1, -0.05) is 42.5 Å². The van der Waals surface area contributed by atoms with Crippen molar-refractivity contribution in [2.75, 3.05) is 18.5 Å². The van der Waals surface area contributed by atoms with Gasteiger partial charge in [0.1, 0.15) is 5.75 Å². The topological polar surface area (TPSA) is 49.9 Å². The van der Waals surface area contributed by atoms with Crippen LogP contribution >= 0.6 is 0 Å². The predicted octanol–water partition coefficient (Wildman–Crippen LogP) is 3.24. The van der Waals surface area contributed by atoms with Crippen molar-refractivity contribution < 1.29 is 14.3 Å².